The fraction of sp³-hybridized carbons (Fsp3) is 0.200. The summed E-state index contributed by atoms with van der Waals surface area (Å²) in [5.41, 5.74) is 3.64. The second-order valence-electron chi connectivity index (χ2n) is 4.24. The number of rotatable bonds is 3. The lowest BCUT2D eigenvalue weighted by atomic mass is 10.1. The van der Waals surface area contributed by atoms with Crippen LogP contribution >= 0.6 is 15.9 Å². The number of halogens is 1. The monoisotopic (exact) mass is 290 g/mol. The van der Waals surface area contributed by atoms with E-state index in [0.717, 1.165) is 10.2 Å². The molecule has 0 aromatic heterocycles. The molecule has 0 saturated carbocycles. The maximum Gasteiger partial charge on any atom is 0.120 e. The molecule has 0 bridgehead atoms. The minimum absolute atomic E-state index is 0.607. The van der Waals surface area contributed by atoms with Crippen molar-refractivity contribution < 1.29 is 4.74 Å². The van der Waals surface area contributed by atoms with Crippen molar-refractivity contribution in [3.8, 4) is 5.75 Å². The second kappa shape index (κ2) is 5.37. The number of ether oxygens (including phenoxy) is 1. The molecule has 0 saturated heterocycles. The molecule has 2 aromatic carbocycles. The minimum atomic E-state index is 0.607. The Morgan fingerprint density at radius 2 is 1.53 bits per heavy atom. The first kappa shape index (κ1) is 12.2. The first-order valence-electron chi connectivity index (χ1n) is 5.59. The van der Waals surface area contributed by atoms with Gasteiger partial charge in [-0.05, 0) is 54.8 Å². The smallest absolute Gasteiger partial charge is 0.120 e. The third-order valence-corrected chi connectivity index (χ3v) is 3.04. The lowest BCUT2D eigenvalue weighted by Crippen LogP contribution is -1.95. The molecule has 0 amide bonds. The fourth-order valence-corrected chi connectivity index (χ4v) is 2.03. The minimum Gasteiger partial charge on any atom is -0.489 e. The van der Waals surface area contributed by atoms with Gasteiger partial charge in [0, 0.05) is 4.47 Å². The molecule has 0 aliphatic rings. The van der Waals surface area contributed by atoms with Crippen LogP contribution < -0.4 is 4.74 Å². The van der Waals surface area contributed by atoms with Crippen LogP contribution in [0.4, 0.5) is 0 Å². The molecular weight excluding hydrogens is 276 g/mol. The van der Waals surface area contributed by atoms with E-state index in [1.165, 1.54) is 16.7 Å². The van der Waals surface area contributed by atoms with E-state index in [-0.39, 0.29) is 0 Å². The van der Waals surface area contributed by atoms with Crippen molar-refractivity contribution in [2.45, 2.75) is 20.5 Å². The van der Waals surface area contributed by atoms with Gasteiger partial charge in [-0.1, -0.05) is 34.1 Å². The summed E-state index contributed by atoms with van der Waals surface area (Å²) >= 11 is 3.42. The fourth-order valence-electron chi connectivity index (χ4n) is 1.76. The molecule has 0 heterocycles. The van der Waals surface area contributed by atoms with E-state index >= 15 is 0 Å². The summed E-state index contributed by atoms with van der Waals surface area (Å²) in [7, 11) is 0. The van der Waals surface area contributed by atoms with Gasteiger partial charge in [-0.2, -0.15) is 0 Å². The van der Waals surface area contributed by atoms with Crippen molar-refractivity contribution in [1.82, 2.24) is 0 Å². The summed E-state index contributed by atoms with van der Waals surface area (Å²) in [6.45, 7) is 4.77. The summed E-state index contributed by atoms with van der Waals surface area (Å²) in [5.74, 6) is 0.936. The zero-order chi connectivity index (χ0) is 12.3. The maximum absolute atomic E-state index is 5.78. The van der Waals surface area contributed by atoms with Gasteiger partial charge in [0.2, 0.25) is 0 Å². The molecule has 0 atom stereocenters. The molecule has 17 heavy (non-hydrogen) atoms. The molecule has 0 aliphatic carbocycles. The predicted molar refractivity (Wildman–Crippen MR) is 74.4 cm³/mol. The van der Waals surface area contributed by atoms with Crippen LogP contribution in [-0.2, 0) is 6.61 Å². The van der Waals surface area contributed by atoms with E-state index in [4.69, 9.17) is 4.74 Å². The van der Waals surface area contributed by atoms with Crippen LogP contribution in [0.3, 0.4) is 0 Å². The van der Waals surface area contributed by atoms with E-state index in [1.807, 2.05) is 12.1 Å². The van der Waals surface area contributed by atoms with Gasteiger partial charge in [0.15, 0.2) is 0 Å². The highest BCUT2D eigenvalue weighted by Crippen LogP contribution is 2.18. The van der Waals surface area contributed by atoms with Crippen LogP contribution in [-0.4, -0.2) is 0 Å². The average molecular weight is 291 g/mol. The molecule has 0 fully saturated rings. The van der Waals surface area contributed by atoms with Gasteiger partial charge in [0.25, 0.3) is 0 Å². The van der Waals surface area contributed by atoms with Crippen molar-refractivity contribution >= 4 is 15.9 Å². The summed E-state index contributed by atoms with van der Waals surface area (Å²) in [6.07, 6.45) is 0. The molecule has 0 N–H and O–H groups in total. The van der Waals surface area contributed by atoms with E-state index in [1.54, 1.807) is 0 Å². The Morgan fingerprint density at radius 1 is 0.941 bits per heavy atom. The van der Waals surface area contributed by atoms with Crippen LogP contribution in [0.5, 0.6) is 5.75 Å². The van der Waals surface area contributed by atoms with Gasteiger partial charge < -0.3 is 4.74 Å². The number of benzene rings is 2. The highest BCUT2D eigenvalue weighted by Gasteiger charge is 1.98. The lowest BCUT2D eigenvalue weighted by molar-refractivity contribution is 0.306. The molecule has 0 unspecified atom stereocenters. The van der Waals surface area contributed by atoms with E-state index in [2.05, 4.69) is 60.1 Å². The summed E-state index contributed by atoms with van der Waals surface area (Å²) in [4.78, 5) is 0. The Morgan fingerprint density at radius 3 is 2.12 bits per heavy atom. The van der Waals surface area contributed by atoms with Crippen LogP contribution in [0.1, 0.15) is 16.7 Å². The van der Waals surface area contributed by atoms with E-state index in [0.29, 0.717) is 6.61 Å². The largest absolute Gasteiger partial charge is 0.489 e. The zero-order valence-electron chi connectivity index (χ0n) is 10.0. The Bertz CT molecular complexity index is 483. The second-order valence-corrected chi connectivity index (χ2v) is 5.15. The normalized spacial score (nSPS) is 10.3. The molecule has 0 radical (unpaired) electrons. The third-order valence-electron chi connectivity index (χ3n) is 2.51. The first-order valence-corrected chi connectivity index (χ1v) is 6.38. The summed E-state index contributed by atoms with van der Waals surface area (Å²) in [6, 6.07) is 14.4. The molecule has 88 valence electrons. The van der Waals surface area contributed by atoms with Gasteiger partial charge >= 0.3 is 0 Å². The topological polar surface area (TPSA) is 9.23 Å². The quantitative estimate of drug-likeness (QED) is 0.800. The Hall–Kier alpha value is -1.28. The van der Waals surface area contributed by atoms with Crippen LogP contribution in [0.25, 0.3) is 0 Å². The van der Waals surface area contributed by atoms with Crippen molar-refractivity contribution in [2.75, 3.05) is 0 Å². The molecule has 2 heteroatoms. The lowest BCUT2D eigenvalue weighted by Gasteiger charge is -2.08. The Kier molecular flexibility index (Phi) is 3.85. The molecule has 0 aliphatic heterocycles. The SMILES string of the molecule is Cc1cc(C)cc(OCc2ccc(Br)cc2)c1. The van der Waals surface area contributed by atoms with Crippen molar-refractivity contribution in [3.63, 3.8) is 0 Å². The van der Waals surface area contributed by atoms with E-state index < -0.39 is 0 Å². The first-order chi connectivity index (χ1) is 8.13. The number of hydrogen-bond acceptors (Lipinski definition) is 1. The predicted octanol–water partition coefficient (Wildman–Crippen LogP) is 4.64. The summed E-state index contributed by atoms with van der Waals surface area (Å²) < 4.78 is 6.87. The Balaban J connectivity index is 2.04. The zero-order valence-corrected chi connectivity index (χ0v) is 11.6. The van der Waals surface area contributed by atoms with Crippen LogP contribution in [0, 0.1) is 13.8 Å². The maximum atomic E-state index is 5.78. The standard InChI is InChI=1S/C15H15BrO/c1-11-7-12(2)9-15(8-11)17-10-13-3-5-14(16)6-4-13/h3-9H,10H2,1-2H3. The highest BCUT2D eigenvalue weighted by atomic mass is 79.9. The molecule has 0 spiro atoms. The van der Waals surface area contributed by atoms with Gasteiger partial charge in [0.1, 0.15) is 12.4 Å². The summed E-state index contributed by atoms with van der Waals surface area (Å²) in [5, 5.41) is 0. The Labute approximate surface area is 111 Å². The van der Waals surface area contributed by atoms with Crippen molar-refractivity contribution in [1.29, 1.82) is 0 Å². The number of aryl methyl sites for hydroxylation is 2. The molecule has 2 rings (SSSR count). The number of hydrogen-bond donors (Lipinski definition) is 0. The van der Waals surface area contributed by atoms with Crippen molar-refractivity contribution in [2.24, 2.45) is 0 Å². The highest BCUT2D eigenvalue weighted by molar-refractivity contribution is 9.10. The van der Waals surface area contributed by atoms with E-state index in [9.17, 15) is 0 Å². The van der Waals surface area contributed by atoms with Gasteiger partial charge in [0.05, 0.1) is 0 Å². The van der Waals surface area contributed by atoms with Crippen LogP contribution in [0.15, 0.2) is 46.9 Å². The molecular formula is C15H15BrO. The van der Waals surface area contributed by atoms with Gasteiger partial charge in [-0.15, -0.1) is 0 Å². The molecule has 1 nitrogen and oxygen atoms in total. The van der Waals surface area contributed by atoms with Gasteiger partial charge in [-0.25, -0.2) is 0 Å². The average Bonchev–Trinajstić information content (AvgIpc) is 2.27. The third kappa shape index (κ3) is 3.60. The van der Waals surface area contributed by atoms with Crippen LogP contribution in [0.2, 0.25) is 0 Å². The molecule has 2 aromatic rings. The van der Waals surface area contributed by atoms with Crippen molar-refractivity contribution in [3.05, 3.63) is 63.6 Å². The van der Waals surface area contributed by atoms with Gasteiger partial charge in [-0.3, -0.25) is 0 Å².